The molecule has 1 aliphatic heterocycles. The minimum atomic E-state index is -2.35. The van der Waals surface area contributed by atoms with Crippen LogP contribution in [0.4, 0.5) is 10.2 Å². The number of hydrogen-bond donors (Lipinski definition) is 4. The third kappa shape index (κ3) is 2.08. The van der Waals surface area contributed by atoms with Crippen molar-refractivity contribution in [2.45, 2.75) is 31.0 Å². The Kier molecular flexibility index (Phi) is 3.78. The number of aryl methyl sites for hydroxylation is 1. The van der Waals surface area contributed by atoms with Crippen LogP contribution in [0, 0.1) is 6.92 Å². The summed E-state index contributed by atoms with van der Waals surface area (Å²) >= 11 is 0. The van der Waals surface area contributed by atoms with E-state index >= 15 is 0 Å². The van der Waals surface area contributed by atoms with E-state index in [1.807, 2.05) is 0 Å². The molecule has 0 saturated carbocycles. The van der Waals surface area contributed by atoms with Gasteiger partial charge in [0.25, 0.3) is 0 Å². The van der Waals surface area contributed by atoms with Gasteiger partial charge in [0, 0.05) is 11.8 Å². The van der Waals surface area contributed by atoms with Crippen molar-refractivity contribution < 1.29 is 24.4 Å². The molecule has 1 aromatic rings. The molecule has 0 aromatic carbocycles. The van der Waals surface area contributed by atoms with E-state index in [1.54, 1.807) is 6.92 Å². The Hall–Kier alpha value is -1.55. The summed E-state index contributed by atoms with van der Waals surface area (Å²) in [7, 11) is 0. The molecule has 1 aliphatic rings. The molecule has 20 heavy (non-hydrogen) atoms. The highest BCUT2D eigenvalue weighted by Gasteiger charge is 2.56. The van der Waals surface area contributed by atoms with E-state index in [-0.39, 0.29) is 5.82 Å². The lowest BCUT2D eigenvalue weighted by Gasteiger charge is -2.28. The first-order valence-electron chi connectivity index (χ1n) is 5.93. The number of aromatic nitrogens is 2. The average Bonchev–Trinajstić information content (AvgIpc) is 2.67. The Morgan fingerprint density at radius 2 is 2.30 bits per heavy atom. The molecule has 1 aromatic heterocycles. The van der Waals surface area contributed by atoms with Gasteiger partial charge in [0.1, 0.15) is 24.7 Å². The van der Waals surface area contributed by atoms with Gasteiger partial charge >= 0.3 is 5.69 Å². The van der Waals surface area contributed by atoms with E-state index in [0.29, 0.717) is 5.56 Å². The summed E-state index contributed by atoms with van der Waals surface area (Å²) in [6.07, 6.45) is -3.13. The van der Waals surface area contributed by atoms with Crippen LogP contribution in [0.5, 0.6) is 0 Å². The fraction of sp³-hybridized carbons (Fsp3) is 0.636. The van der Waals surface area contributed by atoms with Crippen LogP contribution < -0.4 is 11.4 Å². The van der Waals surface area contributed by atoms with Crippen molar-refractivity contribution in [3.05, 3.63) is 22.2 Å². The lowest BCUT2D eigenvalue weighted by atomic mass is 9.95. The van der Waals surface area contributed by atoms with E-state index in [2.05, 4.69) is 4.98 Å². The summed E-state index contributed by atoms with van der Waals surface area (Å²) in [5.74, 6) is 0.00675. The van der Waals surface area contributed by atoms with Crippen molar-refractivity contribution in [1.29, 1.82) is 0 Å². The number of ether oxygens (including phenoxy) is 1. The largest absolute Gasteiger partial charge is 0.394 e. The van der Waals surface area contributed by atoms with Gasteiger partial charge in [-0.1, -0.05) is 0 Å². The Balaban J connectivity index is 2.51. The van der Waals surface area contributed by atoms with Gasteiger partial charge in [-0.15, -0.1) is 0 Å². The molecule has 0 radical (unpaired) electrons. The number of hydrogen-bond acceptors (Lipinski definition) is 7. The van der Waals surface area contributed by atoms with Crippen LogP contribution in [0.15, 0.2) is 11.0 Å². The maximum atomic E-state index is 13.2. The molecule has 0 bridgehead atoms. The predicted molar refractivity (Wildman–Crippen MR) is 65.6 cm³/mol. The molecule has 112 valence electrons. The molecule has 2 rings (SSSR count). The first-order chi connectivity index (χ1) is 9.35. The van der Waals surface area contributed by atoms with Crippen molar-refractivity contribution in [2.24, 2.45) is 0 Å². The van der Waals surface area contributed by atoms with Crippen molar-refractivity contribution in [2.75, 3.05) is 19.0 Å². The van der Waals surface area contributed by atoms with Crippen LogP contribution in [0.2, 0.25) is 0 Å². The lowest BCUT2D eigenvalue weighted by Crippen LogP contribution is -2.50. The number of nitrogens with zero attached hydrogens (tertiary/aromatic N) is 2. The van der Waals surface area contributed by atoms with Crippen LogP contribution in [0.25, 0.3) is 0 Å². The van der Waals surface area contributed by atoms with Gasteiger partial charge < -0.3 is 25.8 Å². The molecule has 0 amide bonds. The molecule has 9 heteroatoms. The Morgan fingerprint density at radius 1 is 1.65 bits per heavy atom. The van der Waals surface area contributed by atoms with Crippen LogP contribution in [0.1, 0.15) is 11.8 Å². The number of nitrogen functional groups attached to an aromatic ring is 1. The van der Waals surface area contributed by atoms with Crippen molar-refractivity contribution >= 4 is 5.82 Å². The number of halogens is 1. The number of rotatable bonds is 3. The highest BCUT2D eigenvalue weighted by atomic mass is 19.1. The summed E-state index contributed by atoms with van der Waals surface area (Å²) in [6.45, 7) is -0.414. The zero-order valence-corrected chi connectivity index (χ0v) is 10.7. The monoisotopic (exact) mass is 289 g/mol. The molecule has 0 aliphatic carbocycles. The smallest absolute Gasteiger partial charge is 0.351 e. The van der Waals surface area contributed by atoms with Gasteiger partial charge in [-0.2, -0.15) is 4.98 Å². The fourth-order valence-electron chi connectivity index (χ4n) is 2.17. The quantitative estimate of drug-likeness (QED) is 0.510. The van der Waals surface area contributed by atoms with Crippen LogP contribution >= 0.6 is 0 Å². The van der Waals surface area contributed by atoms with Gasteiger partial charge in [-0.3, -0.25) is 4.57 Å². The minimum Gasteiger partial charge on any atom is -0.394 e. The molecule has 4 atom stereocenters. The third-order valence-corrected chi connectivity index (χ3v) is 3.42. The van der Waals surface area contributed by atoms with E-state index < -0.39 is 43.0 Å². The van der Waals surface area contributed by atoms with Crippen LogP contribution in [0.3, 0.4) is 0 Å². The number of nitrogens with two attached hydrogens (primary N) is 1. The van der Waals surface area contributed by atoms with Gasteiger partial charge in [-0.05, 0) is 6.92 Å². The Labute approximate surface area is 113 Å². The molecular weight excluding hydrogens is 273 g/mol. The summed E-state index contributed by atoms with van der Waals surface area (Å²) in [5, 5.41) is 29.1. The first-order valence-corrected chi connectivity index (χ1v) is 5.93. The maximum Gasteiger partial charge on any atom is 0.351 e. The van der Waals surface area contributed by atoms with Gasteiger partial charge in [0.05, 0.1) is 6.61 Å². The zero-order chi connectivity index (χ0) is 15.1. The van der Waals surface area contributed by atoms with E-state index in [1.165, 1.54) is 6.20 Å². The zero-order valence-electron chi connectivity index (χ0n) is 10.7. The highest BCUT2D eigenvalue weighted by molar-refractivity contribution is 5.35. The molecule has 0 unspecified atom stereocenters. The SMILES string of the molecule is Cc1cn([C@@H]2O[C@H](CO)[C@@H](O)[C@]2(O)CF)c(=O)nc1N. The number of anilines is 1. The number of alkyl halides is 1. The molecule has 1 fully saturated rings. The summed E-state index contributed by atoms with van der Waals surface area (Å²) in [5.41, 5.74) is 2.71. The van der Waals surface area contributed by atoms with E-state index in [0.717, 1.165) is 4.57 Å². The molecule has 0 spiro atoms. The maximum absolute atomic E-state index is 13.2. The second kappa shape index (κ2) is 5.09. The Bertz CT molecular complexity index is 565. The van der Waals surface area contributed by atoms with Crippen molar-refractivity contribution in [1.82, 2.24) is 9.55 Å². The van der Waals surface area contributed by atoms with Crippen molar-refractivity contribution in [3.8, 4) is 0 Å². The van der Waals surface area contributed by atoms with E-state index in [4.69, 9.17) is 15.6 Å². The minimum absolute atomic E-state index is 0.00675. The van der Waals surface area contributed by atoms with Gasteiger partial charge in [0.2, 0.25) is 0 Å². The lowest BCUT2D eigenvalue weighted by molar-refractivity contribution is -0.121. The topological polar surface area (TPSA) is 131 Å². The van der Waals surface area contributed by atoms with Crippen molar-refractivity contribution in [3.63, 3.8) is 0 Å². The van der Waals surface area contributed by atoms with Gasteiger partial charge in [0.15, 0.2) is 11.8 Å². The highest BCUT2D eigenvalue weighted by Crippen LogP contribution is 2.38. The number of aliphatic hydroxyl groups is 3. The summed E-state index contributed by atoms with van der Waals surface area (Å²) in [4.78, 5) is 15.3. The van der Waals surface area contributed by atoms with Gasteiger partial charge in [-0.25, -0.2) is 9.18 Å². The second-order valence-corrected chi connectivity index (χ2v) is 4.78. The fourth-order valence-corrected chi connectivity index (χ4v) is 2.17. The molecule has 8 nitrogen and oxygen atoms in total. The second-order valence-electron chi connectivity index (χ2n) is 4.78. The Morgan fingerprint density at radius 3 is 2.85 bits per heavy atom. The van der Waals surface area contributed by atoms with Crippen LogP contribution in [-0.4, -0.2) is 56.0 Å². The first kappa shape index (κ1) is 14.9. The summed E-state index contributed by atoms with van der Waals surface area (Å²) in [6, 6.07) is 0. The summed E-state index contributed by atoms with van der Waals surface area (Å²) < 4.78 is 19.2. The predicted octanol–water partition coefficient (Wildman–Crippen LogP) is -1.91. The van der Waals surface area contributed by atoms with Crippen LogP contribution in [-0.2, 0) is 4.74 Å². The molecular formula is C11H16FN3O5. The third-order valence-electron chi connectivity index (χ3n) is 3.42. The number of aliphatic hydroxyl groups excluding tert-OH is 2. The molecule has 2 heterocycles. The molecule has 1 saturated heterocycles. The molecule has 5 N–H and O–H groups in total. The average molecular weight is 289 g/mol. The van der Waals surface area contributed by atoms with E-state index in [9.17, 15) is 19.4 Å². The standard InChI is InChI=1S/C11H16FN3O5/c1-5-2-15(10(18)14-8(5)13)9-11(19,4-12)7(17)6(3-16)20-9/h2,6-7,9,16-17,19H,3-4H2,1H3,(H2,13,14,18)/t6-,7-,9-,11-/m1/s1. The normalized spacial score (nSPS) is 33.5.